The van der Waals surface area contributed by atoms with E-state index in [9.17, 15) is 4.79 Å². The lowest BCUT2D eigenvalue weighted by molar-refractivity contribution is 0.0472. The lowest BCUT2D eigenvalue weighted by atomic mass is 10.2. The van der Waals surface area contributed by atoms with E-state index in [0.29, 0.717) is 45.9 Å². The van der Waals surface area contributed by atoms with E-state index in [0.717, 1.165) is 0 Å². The van der Waals surface area contributed by atoms with Gasteiger partial charge < -0.3 is 14.2 Å². The molecule has 0 fully saturated rings. The maximum absolute atomic E-state index is 12.2. The number of carbonyl (C=O) groups excluding carboxylic acids is 1. The average Bonchev–Trinajstić information content (AvgIpc) is 2.56. The molecule has 2 aromatic carbocycles. The van der Waals surface area contributed by atoms with Crippen LogP contribution in [0.1, 0.15) is 29.8 Å². The summed E-state index contributed by atoms with van der Waals surface area (Å²) < 4.78 is 16.3. The van der Waals surface area contributed by atoms with Crippen molar-refractivity contribution in [3.05, 3.63) is 57.6 Å². The molecule has 0 saturated heterocycles. The van der Waals surface area contributed by atoms with E-state index in [4.69, 9.17) is 37.4 Å². The fraction of sp³-hybridized carbons (Fsp3) is 0.278. The first-order valence-electron chi connectivity index (χ1n) is 7.55. The number of rotatable bonds is 7. The summed E-state index contributed by atoms with van der Waals surface area (Å²) in [7, 11) is 0. The van der Waals surface area contributed by atoms with Crippen LogP contribution < -0.4 is 9.47 Å². The summed E-state index contributed by atoms with van der Waals surface area (Å²) >= 11 is 11.9. The first kappa shape index (κ1) is 18.4. The highest BCUT2D eigenvalue weighted by molar-refractivity contribution is 6.35. The second kappa shape index (κ2) is 8.81. The summed E-state index contributed by atoms with van der Waals surface area (Å²) in [5, 5.41) is 0.986. The molecule has 0 unspecified atom stereocenters. The van der Waals surface area contributed by atoms with Crippen molar-refractivity contribution in [3.8, 4) is 11.5 Å². The van der Waals surface area contributed by atoms with Crippen molar-refractivity contribution in [3.63, 3.8) is 0 Å². The Kier molecular flexibility index (Phi) is 6.76. The van der Waals surface area contributed by atoms with E-state index in [1.54, 1.807) is 36.4 Å². The predicted octanol–water partition coefficient (Wildman–Crippen LogP) is 5.15. The van der Waals surface area contributed by atoms with E-state index in [-0.39, 0.29) is 6.61 Å². The van der Waals surface area contributed by atoms with Gasteiger partial charge in [-0.3, -0.25) is 0 Å². The van der Waals surface area contributed by atoms with Crippen molar-refractivity contribution < 1.29 is 19.0 Å². The minimum atomic E-state index is -0.468. The van der Waals surface area contributed by atoms with Gasteiger partial charge in [0.05, 0.1) is 18.8 Å². The molecule has 4 nitrogen and oxygen atoms in total. The molecule has 0 atom stereocenters. The second-order valence-electron chi connectivity index (χ2n) is 4.84. The molecular formula is C18H18Cl2O4. The Labute approximate surface area is 151 Å². The molecule has 6 heteroatoms. The van der Waals surface area contributed by atoms with Crippen LogP contribution >= 0.6 is 23.2 Å². The van der Waals surface area contributed by atoms with Gasteiger partial charge in [-0.2, -0.15) is 0 Å². The zero-order chi connectivity index (χ0) is 17.5. The first-order chi connectivity index (χ1) is 11.5. The summed E-state index contributed by atoms with van der Waals surface area (Å²) in [4.78, 5) is 12.2. The highest BCUT2D eigenvalue weighted by Crippen LogP contribution is 2.29. The first-order valence-corrected chi connectivity index (χ1v) is 8.31. The summed E-state index contributed by atoms with van der Waals surface area (Å²) in [6, 6.07) is 9.97. The lowest BCUT2D eigenvalue weighted by Crippen LogP contribution is -2.07. The van der Waals surface area contributed by atoms with E-state index in [1.165, 1.54) is 0 Å². The van der Waals surface area contributed by atoms with E-state index >= 15 is 0 Å². The Balaban J connectivity index is 2.10. The Morgan fingerprint density at radius 1 is 0.958 bits per heavy atom. The quantitative estimate of drug-likeness (QED) is 0.634. The molecule has 0 amide bonds. The number of esters is 1. The largest absolute Gasteiger partial charge is 0.490 e. The monoisotopic (exact) mass is 368 g/mol. The van der Waals surface area contributed by atoms with Crippen molar-refractivity contribution in [2.75, 3.05) is 13.2 Å². The van der Waals surface area contributed by atoms with Gasteiger partial charge in [-0.1, -0.05) is 29.3 Å². The molecular weight excluding hydrogens is 351 g/mol. The minimum absolute atomic E-state index is 0.0615. The third kappa shape index (κ3) is 4.79. The summed E-state index contributed by atoms with van der Waals surface area (Å²) in [5.74, 6) is 0.639. The molecule has 0 bridgehead atoms. The molecule has 0 aliphatic heterocycles. The molecule has 2 aromatic rings. The molecule has 0 aliphatic carbocycles. The van der Waals surface area contributed by atoms with Crippen LogP contribution in [0.2, 0.25) is 10.0 Å². The lowest BCUT2D eigenvalue weighted by Gasteiger charge is -2.12. The van der Waals surface area contributed by atoms with Crippen molar-refractivity contribution in [1.82, 2.24) is 0 Å². The topological polar surface area (TPSA) is 44.8 Å². The van der Waals surface area contributed by atoms with Gasteiger partial charge in [-0.15, -0.1) is 0 Å². The second-order valence-corrected chi connectivity index (χ2v) is 5.68. The van der Waals surface area contributed by atoms with Crippen molar-refractivity contribution in [2.24, 2.45) is 0 Å². The number of hydrogen-bond donors (Lipinski definition) is 0. The maximum atomic E-state index is 12.2. The average molecular weight is 369 g/mol. The van der Waals surface area contributed by atoms with Crippen LogP contribution in [0.4, 0.5) is 0 Å². The normalized spacial score (nSPS) is 10.3. The Hall–Kier alpha value is -1.91. The summed E-state index contributed by atoms with van der Waals surface area (Å²) in [5.41, 5.74) is 1.07. The molecule has 0 saturated carbocycles. The van der Waals surface area contributed by atoms with Crippen molar-refractivity contribution >= 4 is 29.2 Å². The predicted molar refractivity (Wildman–Crippen MR) is 94.4 cm³/mol. The number of halogens is 2. The SMILES string of the molecule is CCOc1ccc(C(=O)OCc2ccc(Cl)cc2Cl)cc1OCC. The molecule has 24 heavy (non-hydrogen) atoms. The van der Waals surface area contributed by atoms with Crippen LogP contribution in [0.3, 0.4) is 0 Å². The van der Waals surface area contributed by atoms with Crippen molar-refractivity contribution in [1.29, 1.82) is 0 Å². The van der Waals surface area contributed by atoms with Gasteiger partial charge in [0.25, 0.3) is 0 Å². The zero-order valence-electron chi connectivity index (χ0n) is 13.5. The minimum Gasteiger partial charge on any atom is -0.490 e. The van der Waals surface area contributed by atoms with Crippen LogP contribution in [0.5, 0.6) is 11.5 Å². The van der Waals surface area contributed by atoms with Gasteiger partial charge >= 0.3 is 5.97 Å². The Bertz CT molecular complexity index is 716. The fourth-order valence-electron chi connectivity index (χ4n) is 2.04. The molecule has 128 valence electrons. The maximum Gasteiger partial charge on any atom is 0.338 e. The van der Waals surface area contributed by atoms with Crippen LogP contribution in [0.25, 0.3) is 0 Å². The van der Waals surface area contributed by atoms with Gasteiger partial charge in [0.15, 0.2) is 11.5 Å². The summed E-state index contributed by atoms with van der Waals surface area (Å²) in [6.07, 6.45) is 0. The number of hydrogen-bond acceptors (Lipinski definition) is 4. The molecule has 2 rings (SSSR count). The van der Waals surface area contributed by atoms with Crippen LogP contribution in [-0.4, -0.2) is 19.2 Å². The smallest absolute Gasteiger partial charge is 0.338 e. The third-order valence-electron chi connectivity index (χ3n) is 3.15. The van der Waals surface area contributed by atoms with E-state index < -0.39 is 5.97 Å². The van der Waals surface area contributed by atoms with Gasteiger partial charge in [-0.05, 0) is 44.2 Å². The van der Waals surface area contributed by atoms with Gasteiger partial charge in [0.2, 0.25) is 0 Å². The highest BCUT2D eigenvalue weighted by Gasteiger charge is 2.13. The van der Waals surface area contributed by atoms with Gasteiger partial charge in [0, 0.05) is 15.6 Å². The Morgan fingerprint density at radius 2 is 1.67 bits per heavy atom. The van der Waals surface area contributed by atoms with Gasteiger partial charge in [0.1, 0.15) is 6.61 Å². The molecule has 0 spiro atoms. The highest BCUT2D eigenvalue weighted by atomic mass is 35.5. The molecule has 0 heterocycles. The molecule has 0 aromatic heterocycles. The third-order valence-corrected chi connectivity index (χ3v) is 3.74. The Morgan fingerprint density at radius 3 is 2.33 bits per heavy atom. The molecule has 0 aliphatic rings. The molecule has 0 N–H and O–H groups in total. The van der Waals surface area contributed by atoms with E-state index in [2.05, 4.69) is 0 Å². The van der Waals surface area contributed by atoms with Crippen molar-refractivity contribution in [2.45, 2.75) is 20.5 Å². The number of carbonyl (C=O) groups is 1. The van der Waals surface area contributed by atoms with Crippen LogP contribution in [0.15, 0.2) is 36.4 Å². The van der Waals surface area contributed by atoms with E-state index in [1.807, 2.05) is 13.8 Å². The molecule has 0 radical (unpaired) electrons. The van der Waals surface area contributed by atoms with Gasteiger partial charge in [-0.25, -0.2) is 4.79 Å². The van der Waals surface area contributed by atoms with Crippen LogP contribution in [0, 0.1) is 0 Å². The zero-order valence-corrected chi connectivity index (χ0v) is 15.0. The fourth-order valence-corrected chi connectivity index (χ4v) is 2.51. The standard InChI is InChI=1S/C18H18Cl2O4/c1-3-22-16-8-6-12(9-17(16)23-4-2)18(21)24-11-13-5-7-14(19)10-15(13)20/h5-10H,3-4,11H2,1-2H3. The number of benzene rings is 2. The summed E-state index contributed by atoms with van der Waals surface area (Å²) in [6.45, 7) is 4.79. The van der Waals surface area contributed by atoms with Crippen LogP contribution in [-0.2, 0) is 11.3 Å². The number of ether oxygens (including phenoxy) is 3.